The minimum absolute atomic E-state index is 0.0709. The molecule has 2 aromatic carbocycles. The molecule has 0 spiro atoms. The van der Waals surface area contributed by atoms with Crippen LogP contribution in [0.25, 0.3) is 0 Å². The third-order valence-corrected chi connectivity index (χ3v) is 5.34. The number of nitrogens with zero attached hydrogens (tertiary/aromatic N) is 3. The van der Waals surface area contributed by atoms with E-state index in [2.05, 4.69) is 0 Å². The molecule has 0 radical (unpaired) electrons. The molecule has 0 saturated carbocycles. The monoisotopic (exact) mass is 394 g/mol. The summed E-state index contributed by atoms with van der Waals surface area (Å²) < 4.78 is 0. The maximum absolute atomic E-state index is 13.1. The number of hydrogen-bond acceptors (Lipinski definition) is 6. The Morgan fingerprint density at radius 2 is 1.96 bits per heavy atom. The van der Waals surface area contributed by atoms with Crippen LogP contribution in [-0.2, 0) is 16.0 Å². The fraction of sp³-hybridized carbons (Fsp3) is 0.105. The first-order chi connectivity index (χ1) is 13.4. The molecule has 28 heavy (non-hydrogen) atoms. The molecule has 1 saturated heterocycles. The number of amides is 2. The number of anilines is 1. The molecule has 1 fully saturated rings. The molecule has 2 aromatic rings. The Labute approximate surface area is 164 Å². The fourth-order valence-corrected chi connectivity index (χ4v) is 4.14. The van der Waals surface area contributed by atoms with Crippen molar-refractivity contribution in [1.82, 2.24) is 0 Å². The summed E-state index contributed by atoms with van der Waals surface area (Å²) >= 11 is 1.05. The highest BCUT2D eigenvalue weighted by molar-refractivity contribution is 8.05. The van der Waals surface area contributed by atoms with Crippen LogP contribution in [0.1, 0.15) is 5.56 Å². The molecule has 8 nitrogen and oxygen atoms in total. The van der Waals surface area contributed by atoms with Gasteiger partial charge in [-0.05, 0) is 24.1 Å². The van der Waals surface area contributed by atoms with Gasteiger partial charge in [0.05, 0.1) is 10.2 Å². The second-order valence-electron chi connectivity index (χ2n) is 5.90. The van der Waals surface area contributed by atoms with Gasteiger partial charge in [0.1, 0.15) is 16.7 Å². The molecular weight excluding hydrogens is 380 g/mol. The van der Waals surface area contributed by atoms with Crippen molar-refractivity contribution in [3.05, 3.63) is 80.9 Å². The molecule has 1 atom stereocenters. The molecule has 1 aliphatic heterocycles. The van der Waals surface area contributed by atoms with Gasteiger partial charge in [0.25, 0.3) is 11.6 Å². The molecular formula is C19H14N4O4S. The number of primary amides is 1. The zero-order valence-electron chi connectivity index (χ0n) is 14.4. The smallest absolute Gasteiger partial charge is 0.269 e. The molecule has 1 unspecified atom stereocenters. The quantitative estimate of drug-likeness (QED) is 0.359. The molecule has 0 aromatic heterocycles. The zero-order chi connectivity index (χ0) is 20.3. The van der Waals surface area contributed by atoms with Crippen LogP contribution in [-0.4, -0.2) is 22.0 Å². The van der Waals surface area contributed by atoms with E-state index in [4.69, 9.17) is 5.73 Å². The number of benzene rings is 2. The molecule has 0 bridgehead atoms. The van der Waals surface area contributed by atoms with Gasteiger partial charge in [-0.15, -0.1) is 0 Å². The Morgan fingerprint density at radius 1 is 1.25 bits per heavy atom. The van der Waals surface area contributed by atoms with Crippen molar-refractivity contribution in [2.75, 3.05) is 4.90 Å². The number of nitrogens with two attached hydrogens (primary N) is 1. The highest BCUT2D eigenvalue weighted by atomic mass is 32.2. The third kappa shape index (κ3) is 3.72. The van der Waals surface area contributed by atoms with E-state index in [9.17, 15) is 25.0 Å². The summed E-state index contributed by atoms with van der Waals surface area (Å²) in [6.45, 7) is 0. The first kappa shape index (κ1) is 19.1. The molecule has 1 heterocycles. The summed E-state index contributed by atoms with van der Waals surface area (Å²) in [5.41, 5.74) is 6.05. The van der Waals surface area contributed by atoms with Crippen molar-refractivity contribution in [3.8, 4) is 6.07 Å². The highest BCUT2D eigenvalue weighted by Crippen LogP contribution is 2.41. The summed E-state index contributed by atoms with van der Waals surface area (Å²) in [5.74, 6) is -1.25. The minimum atomic E-state index is -0.922. The SMILES string of the molecule is N#C/C(C(N)=O)=C1/SC(Cc2cccc([N+](=O)[O-])c2)C(=O)N1c1ccccc1. The lowest BCUT2D eigenvalue weighted by molar-refractivity contribution is -0.384. The van der Waals surface area contributed by atoms with Gasteiger partial charge in [0, 0.05) is 17.8 Å². The Bertz CT molecular complexity index is 1030. The van der Waals surface area contributed by atoms with Crippen molar-refractivity contribution in [3.63, 3.8) is 0 Å². The lowest BCUT2D eigenvalue weighted by Gasteiger charge is -2.18. The van der Waals surface area contributed by atoms with Crippen molar-refractivity contribution >= 4 is 35.0 Å². The standard InChI is InChI=1S/C19H14N4O4S/c20-11-15(17(21)24)19-22(13-6-2-1-3-7-13)18(25)16(28-19)10-12-5-4-8-14(9-12)23(26)27/h1-9,16H,10H2,(H2,21,24)/b19-15-. The van der Waals surface area contributed by atoms with E-state index in [1.54, 1.807) is 48.5 Å². The van der Waals surface area contributed by atoms with Crippen LogP contribution in [0.3, 0.4) is 0 Å². The van der Waals surface area contributed by atoms with Crippen LogP contribution in [0, 0.1) is 21.4 Å². The van der Waals surface area contributed by atoms with E-state index in [0.717, 1.165) is 11.8 Å². The minimum Gasteiger partial charge on any atom is -0.365 e. The number of nitro benzene ring substituents is 1. The van der Waals surface area contributed by atoms with E-state index >= 15 is 0 Å². The van der Waals surface area contributed by atoms with Gasteiger partial charge in [-0.25, -0.2) is 0 Å². The van der Waals surface area contributed by atoms with Crippen LogP contribution in [0.5, 0.6) is 0 Å². The normalized spacial score (nSPS) is 17.9. The Balaban J connectivity index is 2.00. The Hall–Kier alpha value is -3.64. The number of para-hydroxylation sites is 1. The van der Waals surface area contributed by atoms with E-state index < -0.39 is 16.1 Å². The lowest BCUT2D eigenvalue weighted by atomic mass is 10.1. The third-order valence-electron chi connectivity index (χ3n) is 4.08. The van der Waals surface area contributed by atoms with Gasteiger partial charge in [0.2, 0.25) is 5.91 Å². The van der Waals surface area contributed by atoms with Crippen LogP contribution in [0.15, 0.2) is 65.2 Å². The number of nitriles is 1. The van der Waals surface area contributed by atoms with Gasteiger partial charge in [0.15, 0.2) is 0 Å². The Kier molecular flexibility index (Phi) is 5.42. The summed E-state index contributed by atoms with van der Waals surface area (Å²) in [4.78, 5) is 36.5. The zero-order valence-corrected chi connectivity index (χ0v) is 15.3. The van der Waals surface area contributed by atoms with E-state index in [1.165, 1.54) is 17.0 Å². The molecule has 140 valence electrons. The number of hydrogen-bond donors (Lipinski definition) is 1. The van der Waals surface area contributed by atoms with E-state index in [1.807, 2.05) is 0 Å². The number of carbonyl (C=O) groups is 2. The molecule has 2 N–H and O–H groups in total. The predicted octanol–water partition coefficient (Wildman–Crippen LogP) is 2.51. The van der Waals surface area contributed by atoms with Gasteiger partial charge >= 0.3 is 0 Å². The number of thioether (sulfide) groups is 1. The maximum Gasteiger partial charge on any atom is 0.269 e. The van der Waals surface area contributed by atoms with E-state index in [0.29, 0.717) is 11.3 Å². The average Bonchev–Trinajstić information content (AvgIpc) is 2.99. The fourth-order valence-electron chi connectivity index (χ4n) is 2.82. The topological polar surface area (TPSA) is 130 Å². The number of rotatable bonds is 5. The summed E-state index contributed by atoms with van der Waals surface area (Å²) in [7, 11) is 0. The largest absolute Gasteiger partial charge is 0.365 e. The van der Waals surface area contributed by atoms with Crippen LogP contribution in [0.2, 0.25) is 0 Å². The first-order valence-electron chi connectivity index (χ1n) is 8.15. The van der Waals surface area contributed by atoms with Crippen LogP contribution < -0.4 is 10.6 Å². The maximum atomic E-state index is 13.1. The van der Waals surface area contributed by atoms with Crippen LogP contribution in [0.4, 0.5) is 11.4 Å². The van der Waals surface area contributed by atoms with Crippen molar-refractivity contribution in [2.45, 2.75) is 11.7 Å². The molecule has 9 heteroatoms. The van der Waals surface area contributed by atoms with Crippen molar-refractivity contribution < 1.29 is 14.5 Å². The molecule has 0 aliphatic carbocycles. The number of carbonyl (C=O) groups excluding carboxylic acids is 2. The Morgan fingerprint density at radius 3 is 2.57 bits per heavy atom. The summed E-state index contributed by atoms with van der Waals surface area (Å²) in [6, 6.07) is 16.4. The van der Waals surface area contributed by atoms with Gasteiger partial charge in [-0.3, -0.25) is 24.6 Å². The highest BCUT2D eigenvalue weighted by Gasteiger charge is 2.40. The number of nitro groups is 1. The van der Waals surface area contributed by atoms with Crippen molar-refractivity contribution in [2.24, 2.45) is 5.73 Å². The first-order valence-corrected chi connectivity index (χ1v) is 9.03. The molecule has 2 amide bonds. The average molecular weight is 394 g/mol. The summed E-state index contributed by atoms with van der Waals surface area (Å²) in [6.07, 6.45) is 0.204. The lowest BCUT2D eigenvalue weighted by Crippen LogP contribution is -2.31. The van der Waals surface area contributed by atoms with E-state index in [-0.39, 0.29) is 28.6 Å². The predicted molar refractivity (Wildman–Crippen MR) is 104 cm³/mol. The second-order valence-corrected chi connectivity index (χ2v) is 7.09. The van der Waals surface area contributed by atoms with Crippen molar-refractivity contribution in [1.29, 1.82) is 5.26 Å². The molecule has 3 rings (SSSR count). The van der Waals surface area contributed by atoms with Gasteiger partial charge in [-0.1, -0.05) is 42.1 Å². The second kappa shape index (κ2) is 7.94. The summed E-state index contributed by atoms with van der Waals surface area (Å²) in [5, 5.41) is 19.8. The van der Waals surface area contributed by atoms with Crippen LogP contribution >= 0.6 is 11.8 Å². The molecule has 1 aliphatic rings. The van der Waals surface area contributed by atoms with Gasteiger partial charge < -0.3 is 5.73 Å². The number of non-ortho nitro benzene ring substituents is 1. The van der Waals surface area contributed by atoms with Gasteiger partial charge in [-0.2, -0.15) is 5.26 Å².